The number of aryl methyl sites for hydroxylation is 1. The van der Waals surface area contributed by atoms with Crippen molar-refractivity contribution in [3.63, 3.8) is 0 Å². The Kier molecular flexibility index (Phi) is 4.23. The normalized spacial score (nSPS) is 19.3. The van der Waals surface area contributed by atoms with Gasteiger partial charge in [0.05, 0.1) is 20.4 Å². The smallest absolute Gasteiger partial charge is 0.224 e. The highest BCUT2D eigenvalue weighted by molar-refractivity contribution is 5.83. The van der Waals surface area contributed by atoms with Crippen molar-refractivity contribution in [3.05, 3.63) is 41.2 Å². The number of aromatic amines is 1. The summed E-state index contributed by atoms with van der Waals surface area (Å²) in [6.45, 7) is 2.44. The zero-order chi connectivity index (χ0) is 16.4. The number of hydrogen-bond acceptors (Lipinski definition) is 4. The van der Waals surface area contributed by atoms with Crippen LogP contribution in [0.4, 0.5) is 0 Å². The van der Waals surface area contributed by atoms with Crippen LogP contribution in [0.1, 0.15) is 29.2 Å². The van der Waals surface area contributed by atoms with Gasteiger partial charge in [-0.2, -0.15) is 5.10 Å². The Morgan fingerprint density at radius 3 is 2.87 bits per heavy atom. The highest BCUT2D eigenvalue weighted by Gasteiger charge is 2.45. The number of rotatable bonds is 6. The molecule has 1 aliphatic carbocycles. The fourth-order valence-corrected chi connectivity index (χ4v) is 2.82. The average Bonchev–Trinajstić information content (AvgIpc) is 3.27. The van der Waals surface area contributed by atoms with Crippen molar-refractivity contribution in [1.29, 1.82) is 0 Å². The van der Waals surface area contributed by atoms with Crippen LogP contribution >= 0.6 is 0 Å². The molecule has 2 atom stereocenters. The lowest BCUT2D eigenvalue weighted by molar-refractivity contribution is -0.122. The van der Waals surface area contributed by atoms with Crippen LogP contribution in [0, 0.1) is 12.8 Å². The maximum absolute atomic E-state index is 12.3. The fourth-order valence-electron chi connectivity index (χ4n) is 2.82. The molecule has 0 unspecified atom stereocenters. The Morgan fingerprint density at radius 1 is 1.39 bits per heavy atom. The highest BCUT2D eigenvalue weighted by Crippen LogP contribution is 2.51. The van der Waals surface area contributed by atoms with Crippen molar-refractivity contribution in [2.24, 2.45) is 5.92 Å². The fraction of sp³-hybridized carbons (Fsp3) is 0.412. The molecular formula is C17H21N3O3. The molecule has 23 heavy (non-hydrogen) atoms. The molecule has 1 fully saturated rings. The maximum Gasteiger partial charge on any atom is 0.224 e. The van der Waals surface area contributed by atoms with Crippen LogP contribution in [0.25, 0.3) is 0 Å². The lowest BCUT2D eigenvalue weighted by Crippen LogP contribution is -2.25. The van der Waals surface area contributed by atoms with E-state index < -0.39 is 0 Å². The summed E-state index contributed by atoms with van der Waals surface area (Å²) < 4.78 is 10.7. The van der Waals surface area contributed by atoms with Crippen molar-refractivity contribution in [3.8, 4) is 11.5 Å². The number of carbonyl (C=O) groups excluding carboxylic acids is 1. The van der Waals surface area contributed by atoms with Gasteiger partial charge < -0.3 is 14.8 Å². The van der Waals surface area contributed by atoms with Crippen molar-refractivity contribution in [2.45, 2.75) is 25.8 Å². The summed E-state index contributed by atoms with van der Waals surface area (Å²) in [6, 6.07) is 5.70. The molecule has 1 heterocycles. The van der Waals surface area contributed by atoms with E-state index in [0.717, 1.165) is 34.7 Å². The molecule has 2 aromatic rings. The number of ether oxygens (including phenoxy) is 2. The minimum Gasteiger partial charge on any atom is -0.497 e. The summed E-state index contributed by atoms with van der Waals surface area (Å²) in [4.78, 5) is 12.3. The second-order valence-corrected chi connectivity index (χ2v) is 5.79. The number of hydrogen-bond donors (Lipinski definition) is 2. The SMILES string of the molecule is COc1ccc(OC)c([C@H]2C[C@H]2C(=O)NCc2cn[nH]c2C)c1. The third-order valence-corrected chi connectivity index (χ3v) is 4.35. The minimum atomic E-state index is -0.0109. The van der Waals surface area contributed by atoms with Crippen LogP contribution in [0.15, 0.2) is 24.4 Å². The number of H-pyrrole nitrogens is 1. The number of carbonyl (C=O) groups is 1. The third-order valence-electron chi connectivity index (χ3n) is 4.35. The summed E-state index contributed by atoms with van der Waals surface area (Å²) in [5.74, 6) is 1.83. The Balaban J connectivity index is 1.64. The molecule has 1 saturated carbocycles. The summed E-state index contributed by atoms with van der Waals surface area (Å²) in [5.41, 5.74) is 3.02. The standard InChI is InChI=1S/C17H21N3O3/c1-10-11(9-19-20-10)8-18-17(21)15-7-13(15)14-6-12(22-2)4-5-16(14)23-3/h4-6,9,13,15H,7-8H2,1-3H3,(H,18,21)(H,19,20)/t13-,15-/m1/s1. The number of aromatic nitrogens is 2. The van der Waals surface area contributed by atoms with Gasteiger partial charge in [-0.25, -0.2) is 0 Å². The minimum absolute atomic E-state index is 0.0109. The number of amides is 1. The van der Waals surface area contributed by atoms with Gasteiger partial charge in [0.1, 0.15) is 11.5 Å². The number of nitrogens with zero attached hydrogens (tertiary/aromatic N) is 1. The van der Waals surface area contributed by atoms with Gasteiger partial charge in [-0.15, -0.1) is 0 Å². The first-order chi connectivity index (χ1) is 11.1. The summed E-state index contributed by atoms with van der Waals surface area (Å²) in [7, 11) is 3.28. The first kappa shape index (κ1) is 15.4. The van der Waals surface area contributed by atoms with Crippen molar-refractivity contribution in [2.75, 3.05) is 14.2 Å². The van der Waals surface area contributed by atoms with E-state index in [1.54, 1.807) is 20.4 Å². The average molecular weight is 315 g/mol. The second kappa shape index (κ2) is 6.32. The maximum atomic E-state index is 12.3. The van der Waals surface area contributed by atoms with Crippen LogP contribution in [-0.4, -0.2) is 30.3 Å². The molecular weight excluding hydrogens is 294 g/mol. The van der Waals surface area contributed by atoms with Crippen LogP contribution in [0.2, 0.25) is 0 Å². The zero-order valence-corrected chi connectivity index (χ0v) is 13.6. The predicted octanol–water partition coefficient (Wildman–Crippen LogP) is 2.16. The first-order valence-corrected chi connectivity index (χ1v) is 7.62. The van der Waals surface area contributed by atoms with E-state index in [1.807, 2.05) is 25.1 Å². The summed E-state index contributed by atoms with van der Waals surface area (Å²) in [5, 5.41) is 9.81. The highest BCUT2D eigenvalue weighted by atomic mass is 16.5. The molecule has 1 aromatic carbocycles. The van der Waals surface area contributed by atoms with Gasteiger partial charge >= 0.3 is 0 Å². The van der Waals surface area contributed by atoms with Crippen molar-refractivity contribution < 1.29 is 14.3 Å². The van der Waals surface area contributed by atoms with Gasteiger partial charge in [0.2, 0.25) is 5.91 Å². The van der Waals surface area contributed by atoms with E-state index in [2.05, 4.69) is 15.5 Å². The Hall–Kier alpha value is -2.50. The van der Waals surface area contributed by atoms with E-state index in [-0.39, 0.29) is 17.7 Å². The Bertz CT molecular complexity index is 711. The molecule has 0 radical (unpaired) electrons. The molecule has 6 heteroatoms. The molecule has 0 saturated heterocycles. The van der Waals surface area contributed by atoms with E-state index in [0.29, 0.717) is 6.54 Å². The lowest BCUT2D eigenvalue weighted by atomic mass is 10.1. The molecule has 1 aliphatic rings. The van der Waals surface area contributed by atoms with E-state index >= 15 is 0 Å². The second-order valence-electron chi connectivity index (χ2n) is 5.79. The zero-order valence-electron chi connectivity index (χ0n) is 13.6. The van der Waals surface area contributed by atoms with Gasteiger partial charge in [-0.1, -0.05) is 0 Å². The summed E-state index contributed by atoms with van der Waals surface area (Å²) >= 11 is 0. The monoisotopic (exact) mass is 315 g/mol. The molecule has 6 nitrogen and oxygen atoms in total. The topological polar surface area (TPSA) is 76.2 Å². The van der Waals surface area contributed by atoms with E-state index in [4.69, 9.17) is 9.47 Å². The molecule has 1 amide bonds. The van der Waals surface area contributed by atoms with Gasteiger partial charge in [0, 0.05) is 35.2 Å². The molecule has 2 N–H and O–H groups in total. The van der Waals surface area contributed by atoms with Crippen LogP contribution in [0.5, 0.6) is 11.5 Å². The molecule has 122 valence electrons. The molecule has 1 aromatic heterocycles. The third kappa shape index (κ3) is 3.16. The largest absolute Gasteiger partial charge is 0.497 e. The Labute approximate surface area is 135 Å². The van der Waals surface area contributed by atoms with E-state index in [9.17, 15) is 4.79 Å². The van der Waals surface area contributed by atoms with Gasteiger partial charge in [0.25, 0.3) is 0 Å². The van der Waals surface area contributed by atoms with Gasteiger partial charge in [0.15, 0.2) is 0 Å². The quantitative estimate of drug-likeness (QED) is 0.856. The molecule has 0 bridgehead atoms. The van der Waals surface area contributed by atoms with Crippen LogP contribution in [0.3, 0.4) is 0 Å². The van der Waals surface area contributed by atoms with Gasteiger partial charge in [-0.3, -0.25) is 9.89 Å². The lowest BCUT2D eigenvalue weighted by Gasteiger charge is -2.10. The number of methoxy groups -OCH3 is 2. The number of benzene rings is 1. The van der Waals surface area contributed by atoms with Crippen LogP contribution in [-0.2, 0) is 11.3 Å². The van der Waals surface area contributed by atoms with E-state index in [1.165, 1.54) is 0 Å². The first-order valence-electron chi connectivity index (χ1n) is 7.62. The Morgan fingerprint density at radius 2 is 2.22 bits per heavy atom. The van der Waals surface area contributed by atoms with Gasteiger partial charge in [-0.05, 0) is 31.5 Å². The van der Waals surface area contributed by atoms with Crippen molar-refractivity contribution in [1.82, 2.24) is 15.5 Å². The van der Waals surface area contributed by atoms with Crippen LogP contribution < -0.4 is 14.8 Å². The molecule has 0 aliphatic heterocycles. The molecule has 3 rings (SSSR count). The molecule has 0 spiro atoms. The number of nitrogens with one attached hydrogen (secondary N) is 2. The van der Waals surface area contributed by atoms with Crippen molar-refractivity contribution >= 4 is 5.91 Å². The predicted molar refractivity (Wildman–Crippen MR) is 85.6 cm³/mol. The summed E-state index contributed by atoms with van der Waals surface area (Å²) in [6.07, 6.45) is 2.57.